The average Bonchev–Trinajstić information content (AvgIpc) is 2.57. The summed E-state index contributed by atoms with van der Waals surface area (Å²) >= 11 is 0. The van der Waals surface area contributed by atoms with Crippen LogP contribution in [0.15, 0.2) is 0 Å². The summed E-state index contributed by atoms with van der Waals surface area (Å²) < 4.78 is 0. The molecule has 0 spiro atoms. The molecule has 0 saturated carbocycles. The van der Waals surface area contributed by atoms with E-state index in [1.54, 1.807) is 4.90 Å². The highest BCUT2D eigenvalue weighted by atomic mass is 16.2. The SMILES string of the molecule is C[C@H]1CNCCN1C(=O)CN1C(=O)C(=O)N(C)C1=O. The summed E-state index contributed by atoms with van der Waals surface area (Å²) in [7, 11) is 1.22. The fourth-order valence-electron chi connectivity index (χ4n) is 2.19. The van der Waals surface area contributed by atoms with Gasteiger partial charge in [0.1, 0.15) is 6.54 Å². The van der Waals surface area contributed by atoms with Gasteiger partial charge in [-0.05, 0) is 6.92 Å². The molecule has 0 aromatic carbocycles. The zero-order valence-electron chi connectivity index (χ0n) is 10.9. The van der Waals surface area contributed by atoms with Crippen LogP contribution in [0, 0.1) is 0 Å². The first-order valence-corrected chi connectivity index (χ1v) is 6.07. The van der Waals surface area contributed by atoms with Crippen molar-refractivity contribution in [2.45, 2.75) is 13.0 Å². The molecule has 104 valence electrons. The molecule has 2 aliphatic heterocycles. The second-order valence-corrected chi connectivity index (χ2v) is 4.68. The summed E-state index contributed by atoms with van der Waals surface area (Å²) in [5.41, 5.74) is 0. The second kappa shape index (κ2) is 4.96. The molecule has 0 aromatic rings. The summed E-state index contributed by atoms with van der Waals surface area (Å²) in [6.45, 7) is 3.39. The van der Waals surface area contributed by atoms with Crippen molar-refractivity contribution in [1.29, 1.82) is 0 Å². The normalized spacial score (nSPS) is 24.4. The first-order chi connectivity index (χ1) is 8.93. The van der Waals surface area contributed by atoms with Gasteiger partial charge in [0.2, 0.25) is 5.91 Å². The number of hydrogen-bond donors (Lipinski definition) is 1. The quantitative estimate of drug-likeness (QED) is 0.473. The molecule has 1 atom stereocenters. The van der Waals surface area contributed by atoms with Crippen molar-refractivity contribution < 1.29 is 19.2 Å². The molecule has 0 aliphatic carbocycles. The molecule has 0 unspecified atom stereocenters. The van der Waals surface area contributed by atoms with Crippen molar-refractivity contribution in [3.05, 3.63) is 0 Å². The molecule has 2 saturated heterocycles. The summed E-state index contributed by atoms with van der Waals surface area (Å²) in [5.74, 6) is -2.16. The molecule has 0 bridgehead atoms. The Morgan fingerprint density at radius 2 is 2.00 bits per heavy atom. The topological polar surface area (TPSA) is 90.0 Å². The average molecular weight is 268 g/mol. The van der Waals surface area contributed by atoms with Crippen LogP contribution in [-0.2, 0) is 14.4 Å². The Bertz CT molecular complexity index is 450. The lowest BCUT2D eigenvalue weighted by molar-refractivity contribution is -0.145. The third kappa shape index (κ3) is 2.30. The van der Waals surface area contributed by atoms with Gasteiger partial charge in [0.25, 0.3) is 0 Å². The number of imide groups is 2. The number of amides is 5. The fraction of sp³-hybridized carbons (Fsp3) is 0.636. The number of nitrogens with zero attached hydrogens (tertiary/aromatic N) is 3. The van der Waals surface area contributed by atoms with Crippen LogP contribution in [0.4, 0.5) is 4.79 Å². The summed E-state index contributed by atoms with van der Waals surface area (Å²) in [6, 6.07) is -0.742. The Hall–Kier alpha value is -1.96. The molecule has 2 rings (SSSR count). The molecule has 0 aromatic heterocycles. The van der Waals surface area contributed by atoms with Crippen LogP contribution in [0.1, 0.15) is 6.92 Å². The maximum absolute atomic E-state index is 12.1. The number of carbonyl (C=O) groups excluding carboxylic acids is 4. The van der Waals surface area contributed by atoms with Gasteiger partial charge in [0.15, 0.2) is 0 Å². The molecule has 2 heterocycles. The Morgan fingerprint density at radius 3 is 2.53 bits per heavy atom. The van der Waals surface area contributed by atoms with Gasteiger partial charge in [-0.2, -0.15) is 0 Å². The van der Waals surface area contributed by atoms with E-state index in [2.05, 4.69) is 5.32 Å². The van der Waals surface area contributed by atoms with Crippen molar-refractivity contribution in [3.8, 4) is 0 Å². The van der Waals surface area contributed by atoms with Crippen molar-refractivity contribution >= 4 is 23.8 Å². The molecule has 19 heavy (non-hydrogen) atoms. The predicted octanol–water partition coefficient (Wildman–Crippen LogP) is -1.77. The highest BCUT2D eigenvalue weighted by molar-refractivity contribution is 6.44. The van der Waals surface area contributed by atoms with Crippen molar-refractivity contribution in [2.24, 2.45) is 0 Å². The highest BCUT2D eigenvalue weighted by Crippen LogP contribution is 2.11. The van der Waals surface area contributed by atoms with Gasteiger partial charge in [0, 0.05) is 32.7 Å². The second-order valence-electron chi connectivity index (χ2n) is 4.68. The highest BCUT2D eigenvalue weighted by Gasteiger charge is 2.43. The van der Waals surface area contributed by atoms with Gasteiger partial charge in [0.05, 0.1) is 0 Å². The van der Waals surface area contributed by atoms with Gasteiger partial charge < -0.3 is 10.2 Å². The Kier molecular flexibility index (Phi) is 3.52. The minimum Gasteiger partial charge on any atom is -0.336 e. The van der Waals surface area contributed by atoms with E-state index in [1.807, 2.05) is 6.92 Å². The number of likely N-dealkylation sites (N-methyl/N-ethyl adjacent to an activating group) is 1. The lowest BCUT2D eigenvalue weighted by Gasteiger charge is -2.34. The number of nitrogens with one attached hydrogen (secondary N) is 1. The molecular weight excluding hydrogens is 252 g/mol. The summed E-state index contributed by atoms with van der Waals surface area (Å²) in [6.07, 6.45) is 0. The molecule has 2 fully saturated rings. The lowest BCUT2D eigenvalue weighted by Crippen LogP contribution is -2.55. The van der Waals surface area contributed by atoms with Gasteiger partial charge in [-0.3, -0.25) is 19.3 Å². The Morgan fingerprint density at radius 1 is 1.32 bits per heavy atom. The Balaban J connectivity index is 2.05. The standard InChI is InChI=1S/C11H16N4O4/c1-7-5-12-3-4-14(7)8(16)6-15-10(18)9(17)13(2)11(15)19/h7,12H,3-6H2,1-2H3/t7-/m0/s1. The number of rotatable bonds is 2. The van der Waals surface area contributed by atoms with E-state index in [0.29, 0.717) is 24.5 Å². The van der Waals surface area contributed by atoms with Crippen molar-refractivity contribution in [3.63, 3.8) is 0 Å². The number of urea groups is 1. The smallest absolute Gasteiger partial charge is 0.334 e. The molecule has 2 aliphatic rings. The summed E-state index contributed by atoms with van der Waals surface area (Å²) in [5, 5.41) is 3.14. The first-order valence-electron chi connectivity index (χ1n) is 6.07. The van der Waals surface area contributed by atoms with Gasteiger partial charge in [-0.15, -0.1) is 0 Å². The molecule has 0 radical (unpaired) electrons. The number of piperazine rings is 1. The van der Waals surface area contributed by atoms with Crippen molar-refractivity contribution in [1.82, 2.24) is 20.0 Å². The van der Waals surface area contributed by atoms with Crippen LogP contribution in [0.2, 0.25) is 0 Å². The van der Waals surface area contributed by atoms with E-state index < -0.39 is 17.8 Å². The van der Waals surface area contributed by atoms with E-state index in [-0.39, 0.29) is 18.5 Å². The van der Waals surface area contributed by atoms with E-state index in [0.717, 1.165) is 4.90 Å². The maximum atomic E-state index is 12.1. The zero-order chi connectivity index (χ0) is 14.2. The molecule has 8 heteroatoms. The minimum absolute atomic E-state index is 0.00230. The third-order valence-corrected chi connectivity index (χ3v) is 3.37. The first kappa shape index (κ1) is 13.5. The van der Waals surface area contributed by atoms with E-state index in [4.69, 9.17) is 0 Å². The monoisotopic (exact) mass is 268 g/mol. The lowest BCUT2D eigenvalue weighted by atomic mass is 10.2. The van der Waals surface area contributed by atoms with E-state index in [1.165, 1.54) is 7.05 Å². The largest absolute Gasteiger partial charge is 0.336 e. The van der Waals surface area contributed by atoms with E-state index >= 15 is 0 Å². The molecular formula is C11H16N4O4. The number of hydrogen-bond acceptors (Lipinski definition) is 5. The van der Waals surface area contributed by atoms with Crippen LogP contribution in [0.5, 0.6) is 0 Å². The van der Waals surface area contributed by atoms with Crippen LogP contribution in [0.3, 0.4) is 0 Å². The van der Waals surface area contributed by atoms with Crippen LogP contribution < -0.4 is 5.32 Å². The van der Waals surface area contributed by atoms with Gasteiger partial charge >= 0.3 is 17.8 Å². The molecule has 8 nitrogen and oxygen atoms in total. The minimum atomic E-state index is -0.941. The van der Waals surface area contributed by atoms with Crippen LogP contribution in [0.25, 0.3) is 0 Å². The zero-order valence-corrected chi connectivity index (χ0v) is 10.9. The Labute approximate surface area is 110 Å². The summed E-state index contributed by atoms with van der Waals surface area (Å²) in [4.78, 5) is 49.7. The molecule has 1 N–H and O–H groups in total. The van der Waals surface area contributed by atoms with Gasteiger partial charge in [-0.1, -0.05) is 0 Å². The van der Waals surface area contributed by atoms with Gasteiger partial charge in [-0.25, -0.2) is 9.69 Å². The van der Waals surface area contributed by atoms with E-state index in [9.17, 15) is 19.2 Å². The number of carbonyl (C=O) groups is 4. The molecule has 5 amide bonds. The maximum Gasteiger partial charge on any atom is 0.334 e. The third-order valence-electron chi connectivity index (χ3n) is 3.37. The predicted molar refractivity (Wildman–Crippen MR) is 63.9 cm³/mol. The van der Waals surface area contributed by atoms with Crippen molar-refractivity contribution in [2.75, 3.05) is 33.2 Å². The fourth-order valence-corrected chi connectivity index (χ4v) is 2.19. The van der Waals surface area contributed by atoms with Crippen LogP contribution in [-0.4, -0.2) is 77.7 Å². The van der Waals surface area contributed by atoms with Crippen LogP contribution >= 0.6 is 0 Å².